The number of nitrogens with zero attached hydrogens (tertiary/aromatic N) is 2. The summed E-state index contributed by atoms with van der Waals surface area (Å²) in [4.78, 5) is 4.01. The first-order chi connectivity index (χ1) is 8.15. The fourth-order valence-corrected chi connectivity index (χ4v) is 2.77. The van der Waals surface area contributed by atoms with Gasteiger partial charge in [-0.05, 0) is 11.6 Å². The molecule has 0 amide bonds. The van der Waals surface area contributed by atoms with Crippen LogP contribution in [0, 0.1) is 6.92 Å². The topological polar surface area (TPSA) is 56.0 Å². The summed E-state index contributed by atoms with van der Waals surface area (Å²) in [7, 11) is -1.09. The van der Waals surface area contributed by atoms with Crippen LogP contribution in [0.3, 0.4) is 0 Å². The van der Waals surface area contributed by atoms with Crippen molar-refractivity contribution in [3.8, 4) is 0 Å². The molecular weight excluding hydrogens is 260 g/mol. The van der Waals surface area contributed by atoms with Crippen molar-refractivity contribution in [1.29, 1.82) is 0 Å². The van der Waals surface area contributed by atoms with Crippen molar-refractivity contribution in [3.05, 3.63) is 46.6 Å². The van der Waals surface area contributed by atoms with E-state index in [1.165, 1.54) is 0 Å². The highest BCUT2D eigenvalue weighted by atomic mass is 35.5. The second-order valence-corrected chi connectivity index (χ2v) is 5.41. The molecule has 2 aromatic rings. The van der Waals surface area contributed by atoms with E-state index in [-0.39, 0.29) is 5.75 Å². The number of halogens is 1. The Kier molecular flexibility index (Phi) is 3.91. The van der Waals surface area contributed by atoms with E-state index in [2.05, 4.69) is 10.1 Å². The molecule has 1 heterocycles. The van der Waals surface area contributed by atoms with Gasteiger partial charge in [0.05, 0.1) is 11.5 Å². The van der Waals surface area contributed by atoms with Gasteiger partial charge in [0.2, 0.25) is 5.89 Å². The predicted octanol–water partition coefficient (Wildman–Crippen LogP) is 2.48. The molecule has 4 nitrogen and oxygen atoms in total. The third-order valence-electron chi connectivity index (χ3n) is 2.13. The van der Waals surface area contributed by atoms with Crippen LogP contribution in [0.25, 0.3) is 0 Å². The Balaban J connectivity index is 2.01. The molecule has 0 aliphatic heterocycles. The van der Waals surface area contributed by atoms with Gasteiger partial charge in [-0.3, -0.25) is 4.21 Å². The molecule has 0 fully saturated rings. The van der Waals surface area contributed by atoms with Gasteiger partial charge < -0.3 is 4.52 Å². The summed E-state index contributed by atoms with van der Waals surface area (Å²) in [6.07, 6.45) is 0. The van der Waals surface area contributed by atoms with Gasteiger partial charge in [0, 0.05) is 22.7 Å². The van der Waals surface area contributed by atoms with E-state index in [1.54, 1.807) is 13.0 Å². The lowest BCUT2D eigenvalue weighted by Gasteiger charge is -2.02. The Morgan fingerprint density at radius 1 is 1.35 bits per heavy atom. The van der Waals surface area contributed by atoms with Gasteiger partial charge in [-0.2, -0.15) is 4.98 Å². The lowest BCUT2D eigenvalue weighted by molar-refractivity contribution is 0.389. The molecule has 2 rings (SSSR count). The maximum absolute atomic E-state index is 11.9. The second kappa shape index (κ2) is 5.42. The average molecular weight is 271 g/mol. The minimum atomic E-state index is -1.09. The zero-order valence-electron chi connectivity index (χ0n) is 9.22. The average Bonchev–Trinajstić information content (AvgIpc) is 2.67. The van der Waals surface area contributed by atoms with E-state index in [1.807, 2.05) is 18.2 Å². The van der Waals surface area contributed by atoms with Crippen molar-refractivity contribution >= 4 is 22.4 Å². The van der Waals surface area contributed by atoms with Crippen LogP contribution in [0.5, 0.6) is 0 Å². The fraction of sp³-hybridized carbons (Fsp3) is 0.273. The number of benzene rings is 1. The SMILES string of the molecule is Cc1nc(CS(=O)Cc2ccccc2Cl)no1. The highest BCUT2D eigenvalue weighted by Gasteiger charge is 2.10. The van der Waals surface area contributed by atoms with Gasteiger partial charge in [0.15, 0.2) is 5.82 Å². The van der Waals surface area contributed by atoms with Crippen molar-refractivity contribution in [2.45, 2.75) is 18.4 Å². The molecule has 1 aromatic carbocycles. The molecule has 0 N–H and O–H groups in total. The lowest BCUT2D eigenvalue weighted by atomic mass is 10.2. The standard InChI is InChI=1S/C11H11ClN2O2S/c1-8-13-11(14-16-8)7-17(15)6-9-4-2-3-5-10(9)12/h2-5H,6-7H2,1H3. The number of rotatable bonds is 4. The molecule has 0 aliphatic carbocycles. The van der Waals surface area contributed by atoms with E-state index in [4.69, 9.17) is 16.1 Å². The van der Waals surface area contributed by atoms with Crippen molar-refractivity contribution < 1.29 is 8.73 Å². The molecule has 1 unspecified atom stereocenters. The Morgan fingerprint density at radius 2 is 2.12 bits per heavy atom. The Hall–Kier alpha value is -1.20. The van der Waals surface area contributed by atoms with Crippen molar-refractivity contribution in [1.82, 2.24) is 10.1 Å². The van der Waals surface area contributed by atoms with Crippen molar-refractivity contribution in [2.24, 2.45) is 0 Å². The third-order valence-corrected chi connectivity index (χ3v) is 3.72. The Labute approximate surface area is 106 Å². The summed E-state index contributed by atoms with van der Waals surface area (Å²) in [5.74, 6) is 1.62. The van der Waals surface area contributed by atoms with Gasteiger partial charge in [-0.25, -0.2) is 0 Å². The summed E-state index contributed by atoms with van der Waals surface area (Å²) in [6.45, 7) is 1.70. The summed E-state index contributed by atoms with van der Waals surface area (Å²) >= 11 is 5.99. The van der Waals surface area contributed by atoms with Gasteiger partial charge in [0.1, 0.15) is 0 Å². The van der Waals surface area contributed by atoms with E-state index in [9.17, 15) is 4.21 Å². The Bertz CT molecular complexity index is 542. The summed E-state index contributed by atoms with van der Waals surface area (Å²) < 4.78 is 16.7. The molecular formula is C11H11ClN2O2S. The smallest absolute Gasteiger partial charge is 0.223 e. The molecule has 90 valence electrons. The first kappa shape index (κ1) is 12.3. The summed E-state index contributed by atoms with van der Waals surface area (Å²) in [5, 5.41) is 4.34. The molecule has 0 bridgehead atoms. The highest BCUT2D eigenvalue weighted by Crippen LogP contribution is 2.17. The Morgan fingerprint density at radius 3 is 2.76 bits per heavy atom. The van der Waals surface area contributed by atoms with E-state index in [0.717, 1.165) is 5.56 Å². The predicted molar refractivity (Wildman–Crippen MR) is 66.0 cm³/mol. The fourth-order valence-electron chi connectivity index (χ4n) is 1.38. The maximum Gasteiger partial charge on any atom is 0.223 e. The van der Waals surface area contributed by atoms with Gasteiger partial charge in [-0.15, -0.1) is 0 Å². The van der Waals surface area contributed by atoms with Crippen LogP contribution < -0.4 is 0 Å². The molecule has 0 aliphatic rings. The van der Waals surface area contributed by atoms with Crippen LogP contribution in [0.4, 0.5) is 0 Å². The van der Waals surface area contributed by atoms with E-state index >= 15 is 0 Å². The quantitative estimate of drug-likeness (QED) is 0.856. The zero-order valence-corrected chi connectivity index (χ0v) is 10.8. The second-order valence-electron chi connectivity index (χ2n) is 3.55. The monoisotopic (exact) mass is 270 g/mol. The molecule has 0 saturated heterocycles. The number of aryl methyl sites for hydroxylation is 1. The molecule has 17 heavy (non-hydrogen) atoms. The van der Waals surface area contributed by atoms with Crippen LogP contribution in [0.1, 0.15) is 17.3 Å². The molecule has 6 heteroatoms. The normalized spacial score (nSPS) is 12.6. The van der Waals surface area contributed by atoms with Crippen molar-refractivity contribution in [3.63, 3.8) is 0 Å². The van der Waals surface area contributed by atoms with Gasteiger partial charge >= 0.3 is 0 Å². The van der Waals surface area contributed by atoms with E-state index in [0.29, 0.717) is 22.5 Å². The minimum absolute atomic E-state index is 0.280. The molecule has 0 radical (unpaired) electrons. The first-order valence-electron chi connectivity index (χ1n) is 5.02. The highest BCUT2D eigenvalue weighted by molar-refractivity contribution is 7.83. The van der Waals surface area contributed by atoms with Crippen LogP contribution in [0.15, 0.2) is 28.8 Å². The van der Waals surface area contributed by atoms with Crippen LogP contribution in [-0.2, 0) is 22.3 Å². The minimum Gasteiger partial charge on any atom is -0.340 e. The molecule has 0 spiro atoms. The van der Waals surface area contributed by atoms with Crippen molar-refractivity contribution in [2.75, 3.05) is 0 Å². The van der Waals surface area contributed by atoms with Crippen LogP contribution in [0.2, 0.25) is 5.02 Å². The first-order valence-corrected chi connectivity index (χ1v) is 6.89. The van der Waals surface area contributed by atoms with Crippen LogP contribution >= 0.6 is 11.6 Å². The maximum atomic E-state index is 11.9. The summed E-state index contributed by atoms with van der Waals surface area (Å²) in [5.41, 5.74) is 0.868. The van der Waals surface area contributed by atoms with Gasteiger partial charge in [-0.1, -0.05) is 35.0 Å². The molecule has 1 atom stereocenters. The number of hydrogen-bond donors (Lipinski definition) is 0. The summed E-state index contributed by atoms with van der Waals surface area (Å²) in [6, 6.07) is 7.36. The largest absolute Gasteiger partial charge is 0.340 e. The van der Waals surface area contributed by atoms with E-state index < -0.39 is 10.8 Å². The lowest BCUT2D eigenvalue weighted by Crippen LogP contribution is -2.01. The van der Waals surface area contributed by atoms with Gasteiger partial charge in [0.25, 0.3) is 0 Å². The third kappa shape index (κ3) is 3.38. The zero-order chi connectivity index (χ0) is 12.3. The number of aromatic nitrogens is 2. The molecule has 1 aromatic heterocycles. The molecule has 0 saturated carbocycles. The number of hydrogen-bond acceptors (Lipinski definition) is 4. The van der Waals surface area contributed by atoms with Crippen LogP contribution in [-0.4, -0.2) is 14.3 Å².